The summed E-state index contributed by atoms with van der Waals surface area (Å²) in [5.41, 5.74) is 9.75. The monoisotopic (exact) mass is 372 g/mol. The second kappa shape index (κ2) is 8.19. The maximum absolute atomic E-state index is 13.3. The number of rotatable bonds is 4. The van der Waals surface area contributed by atoms with Gasteiger partial charge in [0.1, 0.15) is 0 Å². The third-order valence-electron chi connectivity index (χ3n) is 6.15. The van der Waals surface area contributed by atoms with Gasteiger partial charge >= 0.3 is 0 Å². The summed E-state index contributed by atoms with van der Waals surface area (Å²) in [4.78, 5) is 17.3. The topological polar surface area (TPSA) is 61.6 Å². The number of allylic oxidation sites excluding steroid dienone is 3. The first-order valence-electron chi connectivity index (χ1n) is 10.3. The van der Waals surface area contributed by atoms with Crippen molar-refractivity contribution >= 4 is 5.91 Å². The Balaban J connectivity index is 1.95. The summed E-state index contributed by atoms with van der Waals surface area (Å²) in [6, 6.07) is 0.109. The quantitative estimate of drug-likeness (QED) is 0.796. The first-order chi connectivity index (χ1) is 12.8. The van der Waals surface area contributed by atoms with E-state index in [9.17, 15) is 4.79 Å². The Hall–Kier alpha value is -1.59. The average molecular weight is 373 g/mol. The molecule has 2 heterocycles. The Labute approximate surface area is 164 Å². The van der Waals surface area contributed by atoms with E-state index in [-0.39, 0.29) is 11.9 Å². The van der Waals surface area contributed by atoms with E-state index in [2.05, 4.69) is 31.3 Å². The SMILES string of the molecule is CN(C)CC(=O)N1C(C2=CCC(C)(C)CC2)=C(N)C=CC1C1CCNCC1. The van der Waals surface area contributed by atoms with Gasteiger partial charge in [-0.25, -0.2) is 0 Å². The minimum absolute atomic E-state index is 0.109. The van der Waals surface area contributed by atoms with E-state index in [0.29, 0.717) is 17.9 Å². The smallest absolute Gasteiger partial charge is 0.241 e. The summed E-state index contributed by atoms with van der Waals surface area (Å²) < 4.78 is 0. The van der Waals surface area contributed by atoms with Crippen LogP contribution in [-0.4, -0.2) is 55.5 Å². The Morgan fingerprint density at radius 1 is 1.33 bits per heavy atom. The van der Waals surface area contributed by atoms with Crippen molar-refractivity contribution in [2.75, 3.05) is 33.7 Å². The number of nitrogens with one attached hydrogen (secondary N) is 1. The van der Waals surface area contributed by atoms with E-state index in [1.807, 2.05) is 30.0 Å². The third kappa shape index (κ3) is 4.64. The number of amides is 1. The molecule has 1 unspecified atom stereocenters. The second-order valence-corrected chi connectivity index (χ2v) is 9.34. The van der Waals surface area contributed by atoms with Gasteiger partial charge in [-0.2, -0.15) is 0 Å². The van der Waals surface area contributed by atoms with Crippen LogP contribution in [0.3, 0.4) is 0 Å². The lowest BCUT2D eigenvalue weighted by atomic mass is 9.76. The molecule has 1 aliphatic carbocycles. The Kier molecular flexibility index (Phi) is 6.11. The van der Waals surface area contributed by atoms with Crippen LogP contribution < -0.4 is 11.1 Å². The van der Waals surface area contributed by atoms with Crippen molar-refractivity contribution in [1.29, 1.82) is 0 Å². The first-order valence-corrected chi connectivity index (χ1v) is 10.3. The van der Waals surface area contributed by atoms with Crippen molar-refractivity contribution in [2.24, 2.45) is 17.1 Å². The highest BCUT2D eigenvalue weighted by atomic mass is 16.2. The van der Waals surface area contributed by atoms with Crippen LogP contribution in [0.5, 0.6) is 0 Å². The molecule has 3 N–H and O–H groups in total. The zero-order chi connectivity index (χ0) is 19.6. The molecule has 1 fully saturated rings. The fraction of sp³-hybridized carbons (Fsp3) is 0.682. The van der Waals surface area contributed by atoms with Gasteiger partial charge in [0, 0.05) is 0 Å². The van der Waals surface area contributed by atoms with E-state index in [1.165, 1.54) is 5.57 Å². The van der Waals surface area contributed by atoms with Crippen LogP contribution in [0.25, 0.3) is 0 Å². The fourth-order valence-electron chi connectivity index (χ4n) is 4.48. The standard InChI is InChI=1S/C22H36N4O/c1-22(2)11-7-17(8-12-22)21-18(23)5-6-19(16-9-13-24-14-10-16)26(21)20(27)15-25(3)4/h5-7,16,19,24H,8-15,23H2,1-4H3. The minimum Gasteiger partial charge on any atom is -0.397 e. The fourth-order valence-corrected chi connectivity index (χ4v) is 4.48. The third-order valence-corrected chi connectivity index (χ3v) is 6.15. The molecular formula is C22H36N4O. The van der Waals surface area contributed by atoms with Crippen molar-refractivity contribution in [3.05, 3.63) is 35.2 Å². The lowest BCUT2D eigenvalue weighted by Crippen LogP contribution is -2.50. The van der Waals surface area contributed by atoms with Crippen molar-refractivity contribution in [2.45, 2.75) is 52.0 Å². The van der Waals surface area contributed by atoms with Crippen LogP contribution in [0, 0.1) is 11.3 Å². The van der Waals surface area contributed by atoms with Crippen LogP contribution >= 0.6 is 0 Å². The molecule has 0 aromatic carbocycles. The molecule has 0 saturated carbocycles. The molecule has 27 heavy (non-hydrogen) atoms. The van der Waals surface area contributed by atoms with Gasteiger partial charge in [0.2, 0.25) is 5.91 Å². The van der Waals surface area contributed by atoms with Gasteiger partial charge in [-0.3, -0.25) is 4.79 Å². The number of likely N-dealkylation sites (N-methyl/N-ethyl adjacent to an activating group) is 1. The van der Waals surface area contributed by atoms with E-state index in [1.54, 1.807) is 0 Å². The number of nitrogens with two attached hydrogens (primary N) is 1. The van der Waals surface area contributed by atoms with Gasteiger partial charge in [-0.15, -0.1) is 0 Å². The largest absolute Gasteiger partial charge is 0.397 e. The predicted octanol–water partition coefficient (Wildman–Crippen LogP) is 2.62. The summed E-state index contributed by atoms with van der Waals surface area (Å²) in [5.74, 6) is 0.633. The van der Waals surface area contributed by atoms with Crippen molar-refractivity contribution in [3.63, 3.8) is 0 Å². The van der Waals surface area contributed by atoms with Gasteiger partial charge in [0.15, 0.2) is 0 Å². The molecule has 0 spiro atoms. The lowest BCUT2D eigenvalue weighted by Gasteiger charge is -2.43. The number of piperidine rings is 1. The van der Waals surface area contributed by atoms with Crippen LogP contribution in [0.15, 0.2) is 35.2 Å². The molecule has 1 saturated heterocycles. The molecule has 0 bridgehead atoms. The minimum atomic E-state index is 0.109. The van der Waals surface area contributed by atoms with Crippen LogP contribution in [-0.2, 0) is 4.79 Å². The molecule has 1 amide bonds. The van der Waals surface area contributed by atoms with E-state index in [4.69, 9.17) is 5.73 Å². The second-order valence-electron chi connectivity index (χ2n) is 9.34. The van der Waals surface area contributed by atoms with Gasteiger partial charge in [0.25, 0.3) is 0 Å². The summed E-state index contributed by atoms with van der Waals surface area (Å²) in [7, 11) is 3.90. The van der Waals surface area contributed by atoms with Crippen molar-refractivity contribution in [3.8, 4) is 0 Å². The number of hydrogen-bond donors (Lipinski definition) is 2. The predicted molar refractivity (Wildman–Crippen MR) is 111 cm³/mol. The van der Waals surface area contributed by atoms with Crippen LogP contribution in [0.4, 0.5) is 0 Å². The summed E-state index contributed by atoms with van der Waals surface area (Å²) in [6.07, 6.45) is 11.9. The molecule has 5 nitrogen and oxygen atoms in total. The molecule has 150 valence electrons. The molecule has 0 aromatic rings. The maximum atomic E-state index is 13.3. The van der Waals surface area contributed by atoms with Gasteiger partial charge in [0.05, 0.1) is 24.0 Å². The average Bonchev–Trinajstić information content (AvgIpc) is 2.62. The van der Waals surface area contributed by atoms with Crippen LogP contribution in [0.2, 0.25) is 0 Å². The first kappa shape index (κ1) is 20.2. The molecule has 0 radical (unpaired) electrons. The van der Waals surface area contributed by atoms with E-state index < -0.39 is 0 Å². The van der Waals surface area contributed by atoms with Crippen molar-refractivity contribution in [1.82, 2.24) is 15.1 Å². The summed E-state index contributed by atoms with van der Waals surface area (Å²) in [5, 5.41) is 3.44. The molecule has 5 heteroatoms. The van der Waals surface area contributed by atoms with Crippen LogP contribution in [0.1, 0.15) is 46.0 Å². The molecule has 3 aliphatic rings. The molecule has 2 aliphatic heterocycles. The number of carbonyl (C=O) groups excluding carboxylic acids is 1. The molecule has 0 aromatic heterocycles. The highest BCUT2D eigenvalue weighted by Gasteiger charge is 2.37. The van der Waals surface area contributed by atoms with Gasteiger partial charge in [-0.05, 0) is 82.3 Å². The van der Waals surface area contributed by atoms with Gasteiger partial charge in [-0.1, -0.05) is 26.0 Å². The zero-order valence-corrected chi connectivity index (χ0v) is 17.4. The Morgan fingerprint density at radius 2 is 2.04 bits per heavy atom. The number of nitrogens with zero attached hydrogens (tertiary/aromatic N) is 2. The zero-order valence-electron chi connectivity index (χ0n) is 17.4. The van der Waals surface area contributed by atoms with Crippen molar-refractivity contribution < 1.29 is 4.79 Å². The lowest BCUT2D eigenvalue weighted by molar-refractivity contribution is -0.132. The highest BCUT2D eigenvalue weighted by Crippen LogP contribution is 2.40. The molecular weight excluding hydrogens is 336 g/mol. The maximum Gasteiger partial charge on any atom is 0.241 e. The molecule has 1 atom stereocenters. The van der Waals surface area contributed by atoms with Gasteiger partial charge < -0.3 is 20.9 Å². The highest BCUT2D eigenvalue weighted by molar-refractivity contribution is 5.82. The normalized spacial score (nSPS) is 26.5. The number of carbonyl (C=O) groups is 1. The Morgan fingerprint density at radius 3 is 2.63 bits per heavy atom. The Bertz CT molecular complexity index is 653. The number of hydrogen-bond acceptors (Lipinski definition) is 4. The summed E-state index contributed by atoms with van der Waals surface area (Å²) in [6.45, 7) is 7.08. The van der Waals surface area contributed by atoms with E-state index in [0.717, 1.165) is 56.6 Å². The van der Waals surface area contributed by atoms with E-state index >= 15 is 0 Å². The molecule has 3 rings (SSSR count). The summed E-state index contributed by atoms with van der Waals surface area (Å²) >= 11 is 0.